The molecule has 1 aromatic heterocycles. The number of carbonyl (C=O) groups is 1. The van der Waals surface area contributed by atoms with Crippen LogP contribution in [-0.4, -0.2) is 22.5 Å². The van der Waals surface area contributed by atoms with Crippen molar-refractivity contribution in [3.63, 3.8) is 0 Å². The van der Waals surface area contributed by atoms with Crippen molar-refractivity contribution in [2.75, 3.05) is 6.79 Å². The van der Waals surface area contributed by atoms with E-state index in [4.69, 9.17) is 9.47 Å². The van der Waals surface area contributed by atoms with Crippen LogP contribution in [0.5, 0.6) is 11.5 Å². The van der Waals surface area contributed by atoms with Crippen molar-refractivity contribution in [2.45, 2.75) is 20.8 Å². The second-order valence-electron chi connectivity index (χ2n) is 5.55. The number of nitrogens with zero attached hydrogens (tertiary/aromatic N) is 2. The van der Waals surface area contributed by atoms with Crippen molar-refractivity contribution in [3.8, 4) is 11.5 Å². The molecular formula is C19H18N2O3. The van der Waals surface area contributed by atoms with Crippen molar-refractivity contribution < 1.29 is 14.3 Å². The summed E-state index contributed by atoms with van der Waals surface area (Å²) in [6.07, 6.45) is 6.45. The van der Waals surface area contributed by atoms with Crippen molar-refractivity contribution in [2.24, 2.45) is 0 Å². The fourth-order valence-electron chi connectivity index (χ4n) is 2.30. The number of fused-ring (bicyclic) bond motifs is 1. The molecule has 0 fully saturated rings. The standard InChI is InChI=1S/C19H18N2O3/c1-12-13(2)21-17(14(3)20-12)8-7-16(22)6-4-15-5-9-18-19(10-15)24-11-23-18/h4-10H,11H2,1-3H3/b6-4+,8-7+. The van der Waals surface area contributed by atoms with E-state index in [0.717, 1.165) is 28.4 Å². The molecule has 0 bridgehead atoms. The lowest BCUT2D eigenvalue weighted by molar-refractivity contribution is -0.110. The maximum absolute atomic E-state index is 12.0. The molecule has 0 amide bonds. The summed E-state index contributed by atoms with van der Waals surface area (Å²) < 4.78 is 10.6. The normalized spacial score (nSPS) is 13.1. The number of ketones is 1. The lowest BCUT2D eigenvalue weighted by atomic mass is 10.1. The molecule has 0 saturated heterocycles. The fraction of sp³-hybridized carbons (Fsp3) is 0.211. The van der Waals surface area contributed by atoms with Gasteiger partial charge in [-0.1, -0.05) is 12.1 Å². The van der Waals surface area contributed by atoms with E-state index in [1.165, 1.54) is 12.2 Å². The minimum atomic E-state index is -0.118. The van der Waals surface area contributed by atoms with Crippen LogP contribution in [0.15, 0.2) is 30.4 Å². The van der Waals surface area contributed by atoms with Crippen LogP contribution in [0.1, 0.15) is 28.3 Å². The summed E-state index contributed by atoms with van der Waals surface area (Å²) in [5, 5.41) is 0. The Hall–Kier alpha value is -2.95. The van der Waals surface area contributed by atoms with Crippen LogP contribution in [0.3, 0.4) is 0 Å². The number of allylic oxidation sites excluding steroid dienone is 2. The summed E-state index contributed by atoms with van der Waals surface area (Å²) in [5.74, 6) is 1.30. The summed E-state index contributed by atoms with van der Waals surface area (Å²) >= 11 is 0. The molecule has 2 heterocycles. The van der Waals surface area contributed by atoms with E-state index >= 15 is 0 Å². The summed E-state index contributed by atoms with van der Waals surface area (Å²) in [6.45, 7) is 5.94. The minimum Gasteiger partial charge on any atom is -0.454 e. The van der Waals surface area contributed by atoms with Crippen molar-refractivity contribution in [1.29, 1.82) is 0 Å². The largest absolute Gasteiger partial charge is 0.454 e. The van der Waals surface area contributed by atoms with Crippen LogP contribution < -0.4 is 9.47 Å². The van der Waals surface area contributed by atoms with Crippen LogP contribution in [-0.2, 0) is 4.79 Å². The van der Waals surface area contributed by atoms with E-state index in [9.17, 15) is 4.79 Å². The summed E-state index contributed by atoms with van der Waals surface area (Å²) in [4.78, 5) is 20.9. The van der Waals surface area contributed by atoms with Gasteiger partial charge in [0.15, 0.2) is 17.3 Å². The van der Waals surface area contributed by atoms with E-state index in [0.29, 0.717) is 11.4 Å². The van der Waals surface area contributed by atoms with Gasteiger partial charge in [0.1, 0.15) is 0 Å². The Labute approximate surface area is 140 Å². The van der Waals surface area contributed by atoms with Crippen LogP contribution in [0.25, 0.3) is 12.2 Å². The number of hydrogen-bond acceptors (Lipinski definition) is 5. The number of benzene rings is 1. The predicted molar refractivity (Wildman–Crippen MR) is 91.9 cm³/mol. The number of aryl methyl sites for hydroxylation is 3. The Morgan fingerprint density at radius 2 is 1.67 bits per heavy atom. The first-order valence-electron chi connectivity index (χ1n) is 7.64. The third-order valence-corrected chi connectivity index (χ3v) is 3.76. The average molecular weight is 322 g/mol. The topological polar surface area (TPSA) is 61.3 Å². The van der Waals surface area contributed by atoms with E-state index in [2.05, 4.69) is 9.97 Å². The van der Waals surface area contributed by atoms with Gasteiger partial charge in [-0.2, -0.15) is 0 Å². The van der Waals surface area contributed by atoms with E-state index in [1.807, 2.05) is 39.0 Å². The second kappa shape index (κ2) is 6.66. The molecular weight excluding hydrogens is 304 g/mol. The predicted octanol–water partition coefficient (Wildman–Crippen LogP) is 3.43. The first kappa shape index (κ1) is 15.9. The minimum absolute atomic E-state index is 0.118. The van der Waals surface area contributed by atoms with Crippen molar-refractivity contribution >= 4 is 17.9 Å². The highest BCUT2D eigenvalue weighted by atomic mass is 16.7. The van der Waals surface area contributed by atoms with E-state index in [-0.39, 0.29) is 12.6 Å². The van der Waals surface area contributed by atoms with Gasteiger partial charge in [0.2, 0.25) is 6.79 Å². The lowest BCUT2D eigenvalue weighted by Gasteiger charge is -2.03. The number of rotatable bonds is 4. The molecule has 1 aliphatic rings. The zero-order valence-electron chi connectivity index (χ0n) is 13.9. The van der Waals surface area contributed by atoms with Crippen molar-refractivity contribution in [3.05, 3.63) is 58.7 Å². The molecule has 0 atom stereocenters. The fourth-order valence-corrected chi connectivity index (χ4v) is 2.30. The van der Waals surface area contributed by atoms with Crippen LogP contribution in [0.2, 0.25) is 0 Å². The van der Waals surface area contributed by atoms with Crippen LogP contribution in [0, 0.1) is 20.8 Å². The maximum Gasteiger partial charge on any atom is 0.231 e. The highest BCUT2D eigenvalue weighted by molar-refractivity contribution is 6.04. The highest BCUT2D eigenvalue weighted by Crippen LogP contribution is 2.32. The molecule has 0 spiro atoms. The quantitative estimate of drug-likeness (QED) is 0.807. The Morgan fingerprint density at radius 3 is 2.50 bits per heavy atom. The number of hydrogen-bond donors (Lipinski definition) is 0. The van der Waals surface area contributed by atoms with Crippen LogP contribution >= 0.6 is 0 Å². The molecule has 0 aliphatic carbocycles. The molecule has 3 rings (SSSR count). The van der Waals surface area contributed by atoms with Gasteiger partial charge in [-0.15, -0.1) is 0 Å². The molecule has 5 nitrogen and oxygen atoms in total. The smallest absolute Gasteiger partial charge is 0.231 e. The molecule has 0 saturated carbocycles. The molecule has 2 aromatic rings. The number of ether oxygens (including phenoxy) is 2. The van der Waals surface area contributed by atoms with E-state index < -0.39 is 0 Å². The third kappa shape index (κ3) is 3.51. The zero-order valence-corrected chi connectivity index (χ0v) is 13.9. The van der Waals surface area contributed by atoms with Gasteiger partial charge in [-0.05, 0) is 56.7 Å². The Balaban J connectivity index is 1.70. The SMILES string of the molecule is Cc1nc(C)c(/C=C/C(=O)/C=C/c2ccc3c(c2)OCO3)nc1C. The second-order valence-corrected chi connectivity index (χ2v) is 5.55. The number of aromatic nitrogens is 2. The number of carbonyl (C=O) groups excluding carboxylic acids is 1. The molecule has 1 aromatic carbocycles. The molecule has 1 aliphatic heterocycles. The summed E-state index contributed by atoms with van der Waals surface area (Å²) in [7, 11) is 0. The van der Waals surface area contributed by atoms with Gasteiger partial charge < -0.3 is 9.47 Å². The molecule has 0 unspecified atom stereocenters. The van der Waals surface area contributed by atoms with Gasteiger partial charge in [-0.25, -0.2) is 4.98 Å². The van der Waals surface area contributed by atoms with Gasteiger partial charge in [-0.3, -0.25) is 9.78 Å². The van der Waals surface area contributed by atoms with Crippen LogP contribution in [0.4, 0.5) is 0 Å². The zero-order chi connectivity index (χ0) is 17.1. The molecule has 24 heavy (non-hydrogen) atoms. The lowest BCUT2D eigenvalue weighted by Crippen LogP contribution is -1.99. The monoisotopic (exact) mass is 322 g/mol. The van der Waals surface area contributed by atoms with E-state index in [1.54, 1.807) is 12.2 Å². The Morgan fingerprint density at radius 1 is 0.958 bits per heavy atom. The molecule has 0 radical (unpaired) electrons. The molecule has 122 valence electrons. The summed E-state index contributed by atoms with van der Waals surface area (Å²) in [5.41, 5.74) is 4.16. The first-order chi connectivity index (χ1) is 11.5. The first-order valence-corrected chi connectivity index (χ1v) is 7.64. The van der Waals surface area contributed by atoms with Gasteiger partial charge >= 0.3 is 0 Å². The Kier molecular flexibility index (Phi) is 4.42. The highest BCUT2D eigenvalue weighted by Gasteiger charge is 2.12. The average Bonchev–Trinajstić information content (AvgIpc) is 3.02. The van der Waals surface area contributed by atoms with Gasteiger partial charge in [0.05, 0.1) is 22.8 Å². The van der Waals surface area contributed by atoms with Gasteiger partial charge in [0.25, 0.3) is 0 Å². The van der Waals surface area contributed by atoms with Gasteiger partial charge in [0, 0.05) is 0 Å². The molecule has 0 N–H and O–H groups in total. The Bertz CT molecular complexity index is 854. The maximum atomic E-state index is 12.0. The molecule has 5 heteroatoms. The third-order valence-electron chi connectivity index (χ3n) is 3.76. The van der Waals surface area contributed by atoms with Crippen molar-refractivity contribution in [1.82, 2.24) is 9.97 Å². The summed E-state index contributed by atoms with van der Waals surface area (Å²) in [6, 6.07) is 5.55.